The van der Waals surface area contributed by atoms with Gasteiger partial charge in [-0.1, -0.05) is 91.0 Å². The standard InChI is InChI=1S/C42H35N3O/c1-24(44-42-41(43)40-29-15-6-5-12-26(29)20-21-36(40)46-42)45-34-19-9-18-31-30-16-7-13-27-14-8-17-32(37(27)30)33-22-28(25-10-3-2-4-11-25)23-35(45)39(33)38(31)34/h2-7,10-13,15-18,20,22-24,36,44H,8-9,14,19,21,43H2,1H3. The molecule has 2 unspecified atom stereocenters. The monoisotopic (exact) mass is 597 g/mol. The van der Waals surface area contributed by atoms with Crippen LogP contribution in [-0.2, 0) is 17.6 Å². The molecule has 3 N–H and O–H groups in total. The van der Waals surface area contributed by atoms with Crippen LogP contribution in [0.3, 0.4) is 0 Å². The van der Waals surface area contributed by atoms with Crippen LogP contribution in [0, 0.1) is 0 Å². The second-order valence-corrected chi connectivity index (χ2v) is 13.2. The highest BCUT2D eigenvalue weighted by Crippen LogP contribution is 2.51. The van der Waals surface area contributed by atoms with Crippen LogP contribution in [0.15, 0.2) is 109 Å². The number of nitrogens with one attached hydrogen (secondary N) is 1. The molecule has 0 radical (unpaired) electrons. The van der Waals surface area contributed by atoms with Crippen LogP contribution >= 0.6 is 0 Å². The van der Waals surface area contributed by atoms with Gasteiger partial charge < -0.3 is 20.4 Å². The summed E-state index contributed by atoms with van der Waals surface area (Å²) in [7, 11) is 0. The second-order valence-electron chi connectivity index (χ2n) is 13.2. The van der Waals surface area contributed by atoms with Crippen molar-refractivity contribution in [3.05, 3.63) is 153 Å². The Bertz CT molecular complexity index is 2370. The van der Waals surface area contributed by atoms with Gasteiger partial charge in [-0.15, -0.1) is 0 Å². The average molecular weight is 598 g/mol. The summed E-state index contributed by atoms with van der Waals surface area (Å²) in [5.41, 5.74) is 23.7. The van der Waals surface area contributed by atoms with Gasteiger partial charge in [-0.3, -0.25) is 0 Å². The van der Waals surface area contributed by atoms with Crippen LogP contribution in [0.1, 0.15) is 65.9 Å². The lowest BCUT2D eigenvalue weighted by molar-refractivity contribution is 0.152. The van der Waals surface area contributed by atoms with Crippen molar-refractivity contribution in [1.82, 2.24) is 9.88 Å². The third-order valence-electron chi connectivity index (χ3n) is 10.7. The Morgan fingerprint density at radius 1 is 0.804 bits per heavy atom. The molecule has 0 fully saturated rings. The van der Waals surface area contributed by atoms with Gasteiger partial charge in [0.15, 0.2) is 0 Å². The molecule has 4 heteroatoms. The number of aryl methyl sites for hydroxylation is 1. The number of allylic oxidation sites excluding steroid dienone is 2. The maximum Gasteiger partial charge on any atom is 0.213 e. The van der Waals surface area contributed by atoms with Crippen molar-refractivity contribution >= 4 is 33.7 Å². The summed E-state index contributed by atoms with van der Waals surface area (Å²) in [5, 5.41) is 7.56. The molecule has 1 aliphatic heterocycles. The molecule has 4 aliphatic carbocycles. The first kappa shape index (κ1) is 26.0. The fraction of sp³-hybridized carbons (Fsp3) is 0.190. The lowest BCUT2D eigenvalue weighted by atomic mass is 9.82. The van der Waals surface area contributed by atoms with Crippen molar-refractivity contribution in [2.24, 2.45) is 5.73 Å². The summed E-state index contributed by atoms with van der Waals surface area (Å²) in [6, 6.07) is 31.1. The number of aromatic nitrogens is 1. The van der Waals surface area contributed by atoms with Gasteiger partial charge >= 0.3 is 0 Å². The number of ether oxygens (including phenoxy) is 1. The molecule has 2 heterocycles. The number of hydrogen-bond acceptors (Lipinski definition) is 3. The molecular weight excluding hydrogens is 562 g/mol. The lowest BCUT2D eigenvalue weighted by Gasteiger charge is -2.26. The number of rotatable bonds is 4. The minimum Gasteiger partial charge on any atom is -0.469 e. The Hall–Kier alpha value is -5.22. The summed E-state index contributed by atoms with van der Waals surface area (Å²) in [6.45, 7) is 2.25. The van der Waals surface area contributed by atoms with E-state index in [0.717, 1.165) is 43.4 Å². The molecular formula is C42H35N3O. The predicted octanol–water partition coefficient (Wildman–Crippen LogP) is 7.05. The molecule has 2 atom stereocenters. The maximum atomic E-state index is 6.90. The van der Waals surface area contributed by atoms with Crippen LogP contribution in [0.2, 0.25) is 0 Å². The van der Waals surface area contributed by atoms with Crippen molar-refractivity contribution in [3.8, 4) is 11.1 Å². The van der Waals surface area contributed by atoms with Gasteiger partial charge in [-0.25, -0.2) is 0 Å². The molecule has 5 aliphatic rings. The third kappa shape index (κ3) is 3.56. The average Bonchev–Trinajstić information content (AvgIpc) is 3.57. The Morgan fingerprint density at radius 3 is 2.50 bits per heavy atom. The quantitative estimate of drug-likeness (QED) is 0.229. The van der Waals surface area contributed by atoms with E-state index in [1.54, 1.807) is 0 Å². The normalized spacial score (nSPS) is 19.2. The van der Waals surface area contributed by atoms with E-state index in [1.165, 1.54) is 77.1 Å². The summed E-state index contributed by atoms with van der Waals surface area (Å²) in [4.78, 5) is 0. The highest BCUT2D eigenvalue weighted by atomic mass is 16.5. The van der Waals surface area contributed by atoms with E-state index in [4.69, 9.17) is 10.5 Å². The summed E-state index contributed by atoms with van der Waals surface area (Å²) >= 11 is 0. The Kier molecular flexibility index (Phi) is 5.46. The van der Waals surface area contributed by atoms with E-state index in [1.807, 2.05) is 0 Å². The fourth-order valence-corrected chi connectivity index (χ4v) is 8.81. The van der Waals surface area contributed by atoms with Gasteiger partial charge in [0.1, 0.15) is 12.3 Å². The number of nitrogens with zero attached hydrogens (tertiary/aromatic N) is 1. The van der Waals surface area contributed by atoms with E-state index >= 15 is 0 Å². The molecule has 4 nitrogen and oxygen atoms in total. The van der Waals surface area contributed by atoms with Crippen LogP contribution in [0.4, 0.5) is 0 Å². The first-order valence-electron chi connectivity index (χ1n) is 16.7. The fourth-order valence-electron chi connectivity index (χ4n) is 8.81. The zero-order valence-electron chi connectivity index (χ0n) is 25.9. The van der Waals surface area contributed by atoms with E-state index < -0.39 is 0 Å². The lowest BCUT2D eigenvalue weighted by Crippen LogP contribution is -2.34. The molecule has 0 bridgehead atoms. The van der Waals surface area contributed by atoms with Crippen molar-refractivity contribution in [3.63, 3.8) is 0 Å². The van der Waals surface area contributed by atoms with Gasteiger partial charge in [-0.05, 0) is 99.7 Å². The van der Waals surface area contributed by atoms with Crippen molar-refractivity contribution in [1.29, 1.82) is 0 Å². The number of fused-ring (bicyclic) bond motifs is 4. The Morgan fingerprint density at radius 2 is 1.61 bits per heavy atom. The van der Waals surface area contributed by atoms with E-state index in [2.05, 4.69) is 120 Å². The van der Waals surface area contributed by atoms with E-state index in [-0.39, 0.29) is 12.3 Å². The number of benzene rings is 4. The molecule has 1 aromatic heterocycles. The predicted molar refractivity (Wildman–Crippen MR) is 187 cm³/mol. The first-order chi connectivity index (χ1) is 22.7. The maximum absolute atomic E-state index is 6.90. The minimum absolute atomic E-state index is 0.0553. The zero-order chi connectivity index (χ0) is 30.5. The van der Waals surface area contributed by atoms with Gasteiger partial charge in [0, 0.05) is 28.6 Å². The molecule has 0 amide bonds. The highest BCUT2D eigenvalue weighted by Gasteiger charge is 2.36. The van der Waals surface area contributed by atoms with Crippen molar-refractivity contribution < 1.29 is 4.74 Å². The summed E-state index contributed by atoms with van der Waals surface area (Å²) < 4.78 is 9.12. The molecule has 4 aromatic carbocycles. The topological polar surface area (TPSA) is 52.2 Å². The van der Waals surface area contributed by atoms with Crippen LogP contribution in [-0.4, -0.2) is 10.7 Å². The molecule has 10 rings (SSSR count). The van der Waals surface area contributed by atoms with Crippen molar-refractivity contribution in [2.75, 3.05) is 0 Å². The summed E-state index contributed by atoms with van der Waals surface area (Å²) in [5.74, 6) is 0.691. The highest BCUT2D eigenvalue weighted by molar-refractivity contribution is 6.13. The smallest absolute Gasteiger partial charge is 0.213 e. The molecule has 224 valence electrons. The van der Waals surface area contributed by atoms with E-state index in [9.17, 15) is 0 Å². The molecule has 0 saturated carbocycles. The SMILES string of the molecule is CC(NC1=C(N)C2=c3ccccc3=CCC2O1)n1c2c3c4c(cc(-c5ccccc5)cc41)C1=CCCc4cccc(c41)C3=CCC2. The molecule has 0 saturated heterocycles. The Balaban J connectivity index is 1.21. The second kappa shape index (κ2) is 9.64. The molecule has 46 heavy (non-hydrogen) atoms. The third-order valence-corrected chi connectivity index (χ3v) is 10.7. The summed E-state index contributed by atoms with van der Waals surface area (Å²) in [6.07, 6.45) is 12.1. The zero-order valence-corrected chi connectivity index (χ0v) is 25.9. The minimum atomic E-state index is -0.0800. The van der Waals surface area contributed by atoms with Crippen LogP contribution in [0.5, 0.6) is 0 Å². The number of hydrogen-bond donors (Lipinski definition) is 2. The largest absolute Gasteiger partial charge is 0.469 e. The van der Waals surface area contributed by atoms with Gasteiger partial charge in [0.25, 0.3) is 0 Å². The van der Waals surface area contributed by atoms with E-state index in [0.29, 0.717) is 5.88 Å². The first-order valence-corrected chi connectivity index (χ1v) is 16.7. The van der Waals surface area contributed by atoms with Gasteiger partial charge in [0.2, 0.25) is 5.88 Å². The van der Waals surface area contributed by atoms with Gasteiger partial charge in [0.05, 0.1) is 11.2 Å². The number of nitrogens with two attached hydrogens (primary N) is 1. The molecule has 5 aromatic rings. The van der Waals surface area contributed by atoms with Crippen LogP contribution in [0.25, 0.3) is 44.8 Å². The Labute approximate surface area is 268 Å². The molecule has 0 spiro atoms. The van der Waals surface area contributed by atoms with Crippen molar-refractivity contribution in [2.45, 2.75) is 51.3 Å². The van der Waals surface area contributed by atoms with Gasteiger partial charge in [-0.2, -0.15) is 0 Å². The van der Waals surface area contributed by atoms with Crippen LogP contribution < -0.4 is 21.5 Å².